The molecule has 1 aliphatic heterocycles. The summed E-state index contributed by atoms with van der Waals surface area (Å²) < 4.78 is 26.0. The summed E-state index contributed by atoms with van der Waals surface area (Å²) in [4.78, 5) is 12.2. The Morgan fingerprint density at radius 2 is 2.20 bits per heavy atom. The van der Waals surface area contributed by atoms with Crippen LogP contribution in [0.4, 0.5) is 8.78 Å². The Kier molecular flexibility index (Phi) is 3.66. The summed E-state index contributed by atoms with van der Waals surface area (Å²) in [7, 11) is 0. The lowest BCUT2D eigenvalue weighted by atomic mass is 10.1. The van der Waals surface area contributed by atoms with Crippen molar-refractivity contribution in [3.8, 4) is 5.75 Å². The van der Waals surface area contributed by atoms with E-state index in [1.54, 1.807) is 0 Å². The van der Waals surface area contributed by atoms with Crippen LogP contribution in [-0.2, 0) is 0 Å². The van der Waals surface area contributed by atoms with Crippen molar-refractivity contribution in [2.75, 3.05) is 0 Å². The molecule has 8 heteroatoms. The van der Waals surface area contributed by atoms with Gasteiger partial charge in [0.1, 0.15) is 5.75 Å². The number of hydrogen-bond donors (Lipinski definition) is 2. The summed E-state index contributed by atoms with van der Waals surface area (Å²) in [6.07, 6.45) is -3.65. The third-order valence-corrected chi connectivity index (χ3v) is 3.12. The van der Waals surface area contributed by atoms with Gasteiger partial charge in [0.15, 0.2) is 0 Å². The van der Waals surface area contributed by atoms with Gasteiger partial charge in [-0.3, -0.25) is 4.79 Å². The highest BCUT2D eigenvalue weighted by Gasteiger charge is 2.51. The number of carbonyl (C=O) groups is 1. The van der Waals surface area contributed by atoms with Crippen molar-refractivity contribution in [1.82, 2.24) is 5.01 Å². The molecule has 0 saturated carbocycles. The second-order valence-electron chi connectivity index (χ2n) is 4.47. The van der Waals surface area contributed by atoms with Gasteiger partial charge in [-0.1, -0.05) is 11.6 Å². The Bertz CT molecular complexity index is 594. The lowest BCUT2D eigenvalue weighted by Gasteiger charge is -2.30. The summed E-state index contributed by atoms with van der Waals surface area (Å²) in [5.41, 5.74) is -2.78. The molecule has 1 heterocycles. The monoisotopic (exact) mass is 304 g/mol. The van der Waals surface area contributed by atoms with Crippen molar-refractivity contribution in [2.45, 2.75) is 25.5 Å². The maximum atomic E-state index is 13.0. The molecule has 1 aromatic carbocycles. The molecule has 0 radical (unpaired) electrons. The van der Waals surface area contributed by atoms with E-state index in [9.17, 15) is 23.8 Å². The van der Waals surface area contributed by atoms with Gasteiger partial charge in [0.2, 0.25) is 5.72 Å². The van der Waals surface area contributed by atoms with Crippen molar-refractivity contribution in [2.24, 2.45) is 5.10 Å². The molecule has 0 saturated heterocycles. The standard InChI is InChI=1S/C12H11ClF2N2O3/c1-6-5-12(20,11(14)15)17(16-6)10(19)8-3-2-7(13)4-9(8)18/h2-4,11,18,20H,5H2,1H3. The highest BCUT2D eigenvalue weighted by atomic mass is 35.5. The SMILES string of the molecule is CC1=NN(C(=O)c2ccc(Cl)cc2O)C(O)(C(F)F)C1. The first-order valence-electron chi connectivity index (χ1n) is 5.63. The van der Waals surface area contributed by atoms with E-state index >= 15 is 0 Å². The maximum Gasteiger partial charge on any atom is 0.287 e. The number of aliphatic hydroxyl groups is 1. The predicted molar refractivity (Wildman–Crippen MR) is 68.0 cm³/mol. The van der Waals surface area contributed by atoms with Gasteiger partial charge in [-0.15, -0.1) is 0 Å². The summed E-state index contributed by atoms with van der Waals surface area (Å²) >= 11 is 5.63. The van der Waals surface area contributed by atoms with E-state index in [1.165, 1.54) is 19.1 Å². The number of aromatic hydroxyl groups is 1. The smallest absolute Gasteiger partial charge is 0.287 e. The number of amides is 1. The van der Waals surface area contributed by atoms with Crippen LogP contribution in [0.2, 0.25) is 5.02 Å². The van der Waals surface area contributed by atoms with Crippen molar-refractivity contribution >= 4 is 23.2 Å². The zero-order valence-corrected chi connectivity index (χ0v) is 11.1. The van der Waals surface area contributed by atoms with Crippen LogP contribution < -0.4 is 0 Å². The highest BCUT2D eigenvalue weighted by Crippen LogP contribution is 2.34. The number of hydrogen-bond acceptors (Lipinski definition) is 4. The third-order valence-electron chi connectivity index (χ3n) is 2.89. The van der Waals surface area contributed by atoms with Crippen LogP contribution in [0.25, 0.3) is 0 Å². The van der Waals surface area contributed by atoms with E-state index in [0.717, 1.165) is 6.07 Å². The lowest BCUT2D eigenvalue weighted by molar-refractivity contribution is -0.164. The number of rotatable bonds is 2. The number of nitrogens with zero attached hydrogens (tertiary/aromatic N) is 2. The van der Waals surface area contributed by atoms with E-state index in [2.05, 4.69) is 5.10 Å². The van der Waals surface area contributed by atoms with Crippen molar-refractivity contribution in [1.29, 1.82) is 0 Å². The molecular weight excluding hydrogens is 294 g/mol. The van der Waals surface area contributed by atoms with Crippen LogP contribution in [0, 0.1) is 0 Å². The molecular formula is C12H11ClF2N2O3. The van der Waals surface area contributed by atoms with Gasteiger partial charge in [0, 0.05) is 17.2 Å². The number of carbonyl (C=O) groups excluding carboxylic acids is 1. The third kappa shape index (κ3) is 2.34. The topological polar surface area (TPSA) is 73.1 Å². The average Bonchev–Trinajstić information content (AvgIpc) is 2.65. The van der Waals surface area contributed by atoms with Crippen LogP contribution in [0.1, 0.15) is 23.7 Å². The van der Waals surface area contributed by atoms with Gasteiger partial charge in [-0.25, -0.2) is 8.78 Å². The number of hydrazone groups is 1. The highest BCUT2D eigenvalue weighted by molar-refractivity contribution is 6.30. The second kappa shape index (κ2) is 4.99. The van der Waals surface area contributed by atoms with Crippen molar-refractivity contribution in [3.05, 3.63) is 28.8 Å². The zero-order chi connectivity index (χ0) is 15.1. The van der Waals surface area contributed by atoms with Crippen LogP contribution in [-0.4, -0.2) is 39.0 Å². The number of alkyl halides is 2. The largest absolute Gasteiger partial charge is 0.507 e. The van der Waals surface area contributed by atoms with Crippen LogP contribution in [0.3, 0.4) is 0 Å². The minimum absolute atomic E-state index is 0.185. The van der Waals surface area contributed by atoms with Crippen LogP contribution in [0.5, 0.6) is 5.75 Å². The molecule has 1 unspecified atom stereocenters. The summed E-state index contributed by atoms with van der Waals surface area (Å²) in [5.74, 6) is -1.50. The average molecular weight is 305 g/mol. The summed E-state index contributed by atoms with van der Waals surface area (Å²) in [5, 5.41) is 23.7. The van der Waals surface area contributed by atoms with Gasteiger partial charge in [-0.2, -0.15) is 10.1 Å². The van der Waals surface area contributed by atoms with E-state index in [-0.39, 0.29) is 16.3 Å². The molecule has 0 aromatic heterocycles. The Hall–Kier alpha value is -1.73. The van der Waals surface area contributed by atoms with E-state index in [1.807, 2.05) is 0 Å². The lowest BCUT2D eigenvalue weighted by Crippen LogP contribution is -2.51. The first-order chi connectivity index (χ1) is 9.25. The molecule has 0 spiro atoms. The van der Waals surface area contributed by atoms with E-state index < -0.39 is 30.2 Å². The van der Waals surface area contributed by atoms with E-state index in [4.69, 9.17) is 11.6 Å². The van der Waals surface area contributed by atoms with Crippen molar-refractivity contribution < 1.29 is 23.8 Å². The molecule has 108 valence electrons. The molecule has 0 bridgehead atoms. The zero-order valence-electron chi connectivity index (χ0n) is 10.3. The van der Waals surface area contributed by atoms with Gasteiger partial charge < -0.3 is 10.2 Å². The molecule has 0 aliphatic carbocycles. The number of phenolic OH excluding ortho intramolecular Hbond substituents is 1. The molecule has 2 rings (SSSR count). The van der Waals surface area contributed by atoms with Crippen LogP contribution in [0.15, 0.2) is 23.3 Å². The summed E-state index contributed by atoms with van der Waals surface area (Å²) in [6.45, 7) is 1.42. The number of benzene rings is 1. The molecule has 5 nitrogen and oxygen atoms in total. The first kappa shape index (κ1) is 14.7. The summed E-state index contributed by atoms with van der Waals surface area (Å²) in [6, 6.07) is 3.60. The van der Waals surface area contributed by atoms with Gasteiger partial charge >= 0.3 is 0 Å². The molecule has 2 N–H and O–H groups in total. The van der Waals surface area contributed by atoms with Crippen molar-refractivity contribution in [3.63, 3.8) is 0 Å². The Morgan fingerprint density at radius 1 is 1.55 bits per heavy atom. The van der Waals surface area contributed by atoms with Crippen LogP contribution >= 0.6 is 11.6 Å². The molecule has 1 atom stereocenters. The fourth-order valence-corrected chi connectivity index (χ4v) is 2.10. The molecule has 1 aliphatic rings. The minimum Gasteiger partial charge on any atom is -0.507 e. The van der Waals surface area contributed by atoms with E-state index in [0.29, 0.717) is 5.01 Å². The molecule has 0 fully saturated rings. The quantitative estimate of drug-likeness (QED) is 0.880. The van der Waals surface area contributed by atoms with Gasteiger partial charge in [0.25, 0.3) is 12.3 Å². The first-order valence-corrected chi connectivity index (χ1v) is 6.01. The fraction of sp³-hybridized carbons (Fsp3) is 0.333. The molecule has 1 aromatic rings. The fourth-order valence-electron chi connectivity index (χ4n) is 1.93. The predicted octanol–water partition coefficient (Wildman–Crippen LogP) is 2.22. The molecule has 20 heavy (non-hydrogen) atoms. The second-order valence-corrected chi connectivity index (χ2v) is 4.91. The Labute approximate surface area is 118 Å². The Morgan fingerprint density at radius 3 is 2.75 bits per heavy atom. The maximum absolute atomic E-state index is 13.0. The normalized spacial score (nSPS) is 22.3. The Balaban J connectivity index is 2.41. The molecule has 1 amide bonds. The number of halogens is 3. The van der Waals surface area contributed by atoms with Gasteiger partial charge in [0.05, 0.1) is 5.56 Å². The van der Waals surface area contributed by atoms with Gasteiger partial charge in [-0.05, 0) is 25.1 Å². The number of phenols is 1. The minimum atomic E-state index is -3.19.